The van der Waals surface area contributed by atoms with Gasteiger partial charge in [0.1, 0.15) is 17.2 Å². The maximum atomic E-state index is 12.9. The summed E-state index contributed by atoms with van der Waals surface area (Å²) in [6.07, 6.45) is -0.523. The van der Waals surface area contributed by atoms with Crippen LogP contribution in [0.5, 0.6) is 11.5 Å². The van der Waals surface area contributed by atoms with Crippen LogP contribution in [0.1, 0.15) is 35.5 Å². The minimum atomic E-state index is -0.666. The molecule has 0 spiro atoms. The highest BCUT2D eigenvalue weighted by molar-refractivity contribution is 7.99. The first-order valence-corrected chi connectivity index (χ1v) is 19.3. The molecule has 2 amide bonds. The number of ether oxygens (including phenoxy) is 3. The van der Waals surface area contributed by atoms with E-state index in [4.69, 9.17) is 23.6 Å². The molecule has 0 radical (unpaired) electrons. The van der Waals surface area contributed by atoms with Gasteiger partial charge in [0.25, 0.3) is 5.22 Å². The van der Waals surface area contributed by atoms with E-state index in [1.165, 1.54) is 11.8 Å². The average molecular weight is 762 g/mol. The second-order valence-corrected chi connectivity index (χ2v) is 14.2. The fraction of sp³-hybridized carbons (Fsp3) is 0.130. The molecule has 3 unspecified atom stereocenters. The number of hydrogen-bond acceptors (Lipinski definition) is 8. The van der Waals surface area contributed by atoms with Gasteiger partial charge in [0, 0.05) is 40.2 Å². The number of thioether (sulfide) groups is 1. The lowest BCUT2D eigenvalue weighted by Gasteiger charge is -2.36. The van der Waals surface area contributed by atoms with Gasteiger partial charge in [-0.3, -0.25) is 0 Å². The van der Waals surface area contributed by atoms with Crippen molar-refractivity contribution >= 4 is 29.2 Å². The van der Waals surface area contributed by atoms with Gasteiger partial charge in [0.15, 0.2) is 12.1 Å². The number of rotatable bonds is 12. The molecule has 7 aromatic rings. The largest absolute Gasteiger partial charge is 0.457 e. The summed E-state index contributed by atoms with van der Waals surface area (Å²) in [5.74, 6) is 2.71. The van der Waals surface area contributed by atoms with Crippen molar-refractivity contribution in [3.63, 3.8) is 0 Å². The minimum Gasteiger partial charge on any atom is -0.457 e. The smallest absolute Gasteiger partial charge is 0.323 e. The van der Waals surface area contributed by atoms with Crippen molar-refractivity contribution in [1.29, 1.82) is 0 Å². The Morgan fingerprint density at radius 1 is 0.679 bits per heavy atom. The number of carbonyl (C=O) groups excluding carboxylic acids is 1. The highest BCUT2D eigenvalue weighted by Gasteiger charge is 2.33. The molecule has 0 aliphatic carbocycles. The summed E-state index contributed by atoms with van der Waals surface area (Å²) in [5.41, 5.74) is 6.61. The third-order valence-electron chi connectivity index (χ3n) is 9.23. The number of aromatic nitrogens is 1. The van der Waals surface area contributed by atoms with E-state index < -0.39 is 6.29 Å². The molecule has 1 saturated heterocycles. The molecule has 1 aliphatic rings. The Morgan fingerprint density at radius 2 is 1.25 bits per heavy atom. The Bertz CT molecular complexity index is 2270. The first-order valence-electron chi connectivity index (χ1n) is 18.3. The summed E-state index contributed by atoms with van der Waals surface area (Å²) in [7, 11) is 0. The molecule has 2 heterocycles. The van der Waals surface area contributed by atoms with Crippen molar-refractivity contribution < 1.29 is 28.5 Å². The van der Waals surface area contributed by atoms with Crippen molar-refractivity contribution in [2.24, 2.45) is 0 Å². The zero-order chi connectivity index (χ0) is 38.1. The van der Waals surface area contributed by atoms with Gasteiger partial charge < -0.3 is 34.4 Å². The number of carbonyl (C=O) groups is 1. The van der Waals surface area contributed by atoms with Crippen LogP contribution >= 0.6 is 11.8 Å². The Hall–Kier alpha value is -6.17. The maximum absolute atomic E-state index is 12.9. The molecule has 8 rings (SSSR count). The summed E-state index contributed by atoms with van der Waals surface area (Å²) >= 11 is 1.51. The zero-order valence-electron chi connectivity index (χ0n) is 30.3. The summed E-state index contributed by atoms with van der Waals surface area (Å²) in [6.45, 7) is -0.0305. The van der Waals surface area contributed by atoms with E-state index in [2.05, 4.69) is 10.6 Å². The normalized spacial score (nSPS) is 16.6. The fourth-order valence-electron chi connectivity index (χ4n) is 6.37. The van der Waals surface area contributed by atoms with Crippen molar-refractivity contribution in [2.45, 2.75) is 36.7 Å². The Labute approximate surface area is 329 Å². The average Bonchev–Trinajstić information content (AvgIpc) is 3.69. The first-order chi connectivity index (χ1) is 27.6. The van der Waals surface area contributed by atoms with Crippen LogP contribution in [0.25, 0.3) is 22.6 Å². The first kappa shape index (κ1) is 36.8. The second kappa shape index (κ2) is 17.5. The number of aliphatic hydroxyl groups is 1. The van der Waals surface area contributed by atoms with Gasteiger partial charge in [-0.25, -0.2) is 9.78 Å². The van der Waals surface area contributed by atoms with Gasteiger partial charge in [-0.05, 0) is 59.7 Å². The number of oxazole rings is 1. The van der Waals surface area contributed by atoms with Gasteiger partial charge in [0.2, 0.25) is 0 Å². The van der Waals surface area contributed by atoms with Gasteiger partial charge >= 0.3 is 6.03 Å². The molecule has 1 aliphatic heterocycles. The van der Waals surface area contributed by atoms with E-state index >= 15 is 0 Å². The predicted molar refractivity (Wildman–Crippen MR) is 219 cm³/mol. The molecule has 10 heteroatoms. The van der Waals surface area contributed by atoms with E-state index in [9.17, 15) is 9.90 Å². The Balaban J connectivity index is 0.946. The minimum absolute atomic E-state index is 0.0305. The van der Waals surface area contributed by atoms with Crippen LogP contribution in [-0.2, 0) is 16.1 Å². The number of benzene rings is 6. The molecule has 0 saturated carbocycles. The van der Waals surface area contributed by atoms with Crippen LogP contribution in [0.3, 0.4) is 0 Å². The fourth-order valence-corrected chi connectivity index (χ4v) is 7.22. The number of nitrogens with zero attached hydrogens (tertiary/aromatic N) is 1. The lowest BCUT2D eigenvalue weighted by Crippen LogP contribution is -2.31. The zero-order valence-corrected chi connectivity index (χ0v) is 31.1. The van der Waals surface area contributed by atoms with E-state index in [1.54, 1.807) is 24.3 Å². The third kappa shape index (κ3) is 9.19. The van der Waals surface area contributed by atoms with E-state index in [-0.39, 0.29) is 24.8 Å². The van der Waals surface area contributed by atoms with Crippen LogP contribution in [0, 0.1) is 0 Å². The quantitative estimate of drug-likeness (QED) is 0.105. The summed E-state index contributed by atoms with van der Waals surface area (Å²) in [5, 5.41) is 15.9. The lowest BCUT2D eigenvalue weighted by molar-refractivity contribution is -0.245. The van der Waals surface area contributed by atoms with Crippen LogP contribution in [0.15, 0.2) is 173 Å². The lowest BCUT2D eigenvalue weighted by atomic mass is 10.0. The molecule has 6 aromatic carbocycles. The predicted octanol–water partition coefficient (Wildman–Crippen LogP) is 11.3. The van der Waals surface area contributed by atoms with Crippen LogP contribution in [-0.4, -0.2) is 28.0 Å². The van der Waals surface area contributed by atoms with Gasteiger partial charge in [-0.1, -0.05) is 127 Å². The molecule has 56 heavy (non-hydrogen) atoms. The highest BCUT2D eigenvalue weighted by Crippen LogP contribution is 2.41. The molecule has 1 fully saturated rings. The number of aliphatic hydroxyl groups excluding tert-OH is 1. The number of hydrogen-bond donors (Lipinski definition) is 3. The number of urea groups is 1. The molecular formula is C46H39N3O6S. The summed E-state index contributed by atoms with van der Waals surface area (Å²) in [6, 6.07) is 51.6. The molecule has 0 bridgehead atoms. The van der Waals surface area contributed by atoms with Gasteiger partial charge in [-0.2, -0.15) is 0 Å². The summed E-state index contributed by atoms with van der Waals surface area (Å²) < 4.78 is 25.4. The molecule has 1 aromatic heterocycles. The van der Waals surface area contributed by atoms with Crippen molar-refractivity contribution in [3.8, 4) is 34.1 Å². The monoisotopic (exact) mass is 761 g/mol. The van der Waals surface area contributed by atoms with Gasteiger partial charge in [-0.15, -0.1) is 0 Å². The Morgan fingerprint density at radius 3 is 1.89 bits per heavy atom. The van der Waals surface area contributed by atoms with E-state index in [1.807, 2.05) is 140 Å². The molecule has 3 N–H and O–H groups in total. The molecule has 280 valence electrons. The standard InChI is InChI=1S/C46H39N3O6S/c50-29-31-16-18-32(19-17-31)41-28-40(30-56-46-49-42(33-10-4-1-5-11-33)43(55-46)34-12-6-2-7-13-34)53-44(54-41)35-20-22-36(23-21-35)47-45(51)48-37-24-26-39(27-25-37)52-38-14-8-3-9-15-38/h1-27,40-41,44,50H,28-30H2,(H2,47,48,51). The number of anilines is 2. The SMILES string of the molecule is O=C(Nc1ccc(Oc2ccccc2)cc1)Nc1ccc(C2OC(CSc3nc(-c4ccccc4)c(-c4ccccc4)o3)CC(c3ccc(CO)cc3)O2)cc1. The number of para-hydroxylation sites is 1. The molecule has 9 nitrogen and oxygen atoms in total. The van der Waals surface area contributed by atoms with E-state index in [0.717, 1.165) is 45.0 Å². The van der Waals surface area contributed by atoms with Crippen molar-refractivity contribution in [2.75, 3.05) is 16.4 Å². The topological polar surface area (TPSA) is 115 Å². The third-order valence-corrected chi connectivity index (χ3v) is 10.2. The highest BCUT2D eigenvalue weighted by atomic mass is 32.2. The number of nitrogens with one attached hydrogen (secondary N) is 2. The second-order valence-electron chi connectivity index (χ2n) is 13.2. The number of amides is 2. The summed E-state index contributed by atoms with van der Waals surface area (Å²) in [4.78, 5) is 17.8. The van der Waals surface area contributed by atoms with Crippen LogP contribution in [0.4, 0.5) is 16.2 Å². The van der Waals surface area contributed by atoms with Crippen LogP contribution < -0.4 is 15.4 Å². The van der Waals surface area contributed by atoms with Crippen molar-refractivity contribution in [3.05, 3.63) is 180 Å². The van der Waals surface area contributed by atoms with E-state index in [0.29, 0.717) is 34.5 Å². The van der Waals surface area contributed by atoms with Crippen molar-refractivity contribution in [1.82, 2.24) is 4.98 Å². The molecule has 3 atom stereocenters. The van der Waals surface area contributed by atoms with Gasteiger partial charge in [0.05, 0.1) is 18.8 Å². The molecular weight excluding hydrogens is 723 g/mol. The Kier molecular flexibility index (Phi) is 11.5. The maximum Gasteiger partial charge on any atom is 0.323 e. The van der Waals surface area contributed by atoms with Crippen LogP contribution in [0.2, 0.25) is 0 Å².